The van der Waals surface area contributed by atoms with Gasteiger partial charge in [-0.15, -0.1) is 0 Å². The van der Waals surface area contributed by atoms with Gasteiger partial charge in [0.15, 0.2) is 0 Å². The molecule has 16 heavy (non-hydrogen) atoms. The Morgan fingerprint density at radius 3 is 3.12 bits per heavy atom. The first-order valence-electron chi connectivity index (χ1n) is 5.65. The minimum Gasteiger partial charge on any atom is -0.393 e. The number of aliphatic hydroxyl groups excluding tert-OH is 1. The highest BCUT2D eigenvalue weighted by Gasteiger charge is 2.27. The molecule has 1 aliphatic heterocycles. The van der Waals surface area contributed by atoms with Crippen LogP contribution in [0.1, 0.15) is 19.0 Å². The van der Waals surface area contributed by atoms with E-state index < -0.39 is 0 Å². The minimum absolute atomic E-state index is 0.261. The first-order chi connectivity index (χ1) is 7.70. The summed E-state index contributed by atoms with van der Waals surface area (Å²) in [6.45, 7) is 4.00. The quantitative estimate of drug-likeness (QED) is 0.761. The number of anilines is 1. The van der Waals surface area contributed by atoms with Crippen molar-refractivity contribution in [3.8, 4) is 0 Å². The summed E-state index contributed by atoms with van der Waals surface area (Å²) in [6.07, 6.45) is 2.47. The van der Waals surface area contributed by atoms with Crippen LogP contribution in [0.3, 0.4) is 0 Å². The summed E-state index contributed by atoms with van der Waals surface area (Å²) in [7, 11) is 0. The number of aliphatic hydroxyl groups is 1. The van der Waals surface area contributed by atoms with Gasteiger partial charge in [0.05, 0.1) is 11.8 Å². The third-order valence-electron chi connectivity index (χ3n) is 3.10. The molecule has 1 aliphatic rings. The monoisotopic (exact) mass is 222 g/mol. The second kappa shape index (κ2) is 4.76. The van der Waals surface area contributed by atoms with Gasteiger partial charge in [-0.3, -0.25) is 0 Å². The first-order valence-corrected chi connectivity index (χ1v) is 5.65. The molecule has 0 amide bonds. The van der Waals surface area contributed by atoms with Crippen LogP contribution in [-0.2, 0) is 6.54 Å². The molecule has 5 heteroatoms. The molecule has 2 atom stereocenters. The van der Waals surface area contributed by atoms with Crippen molar-refractivity contribution in [3.63, 3.8) is 0 Å². The predicted molar refractivity (Wildman–Crippen MR) is 61.9 cm³/mol. The van der Waals surface area contributed by atoms with E-state index in [0.29, 0.717) is 12.5 Å². The van der Waals surface area contributed by atoms with E-state index in [1.165, 1.54) is 0 Å². The second-order valence-electron chi connectivity index (χ2n) is 4.29. The smallest absolute Gasteiger partial charge is 0.225 e. The fourth-order valence-corrected chi connectivity index (χ4v) is 2.01. The standard InChI is InChI=1S/C11H18N4O/c1-8(16)9-3-5-15(7-9)11-13-4-2-10(6-12)14-11/h2,4,8-9,16H,3,5-7,12H2,1H3. The van der Waals surface area contributed by atoms with Crippen molar-refractivity contribution in [2.75, 3.05) is 18.0 Å². The summed E-state index contributed by atoms with van der Waals surface area (Å²) in [6, 6.07) is 1.83. The van der Waals surface area contributed by atoms with Crippen molar-refractivity contribution in [1.29, 1.82) is 0 Å². The molecule has 0 spiro atoms. The van der Waals surface area contributed by atoms with Gasteiger partial charge in [-0.1, -0.05) is 0 Å². The molecule has 0 aliphatic carbocycles. The van der Waals surface area contributed by atoms with Gasteiger partial charge in [0.1, 0.15) is 0 Å². The van der Waals surface area contributed by atoms with E-state index >= 15 is 0 Å². The maximum absolute atomic E-state index is 9.53. The molecule has 5 nitrogen and oxygen atoms in total. The van der Waals surface area contributed by atoms with Crippen LogP contribution in [0, 0.1) is 5.92 Å². The largest absolute Gasteiger partial charge is 0.393 e. The van der Waals surface area contributed by atoms with E-state index in [2.05, 4.69) is 14.9 Å². The summed E-state index contributed by atoms with van der Waals surface area (Å²) in [4.78, 5) is 10.7. The lowest BCUT2D eigenvalue weighted by molar-refractivity contribution is 0.136. The van der Waals surface area contributed by atoms with Crippen molar-refractivity contribution >= 4 is 5.95 Å². The van der Waals surface area contributed by atoms with Gasteiger partial charge in [0.25, 0.3) is 0 Å². The lowest BCUT2D eigenvalue weighted by atomic mass is 10.0. The summed E-state index contributed by atoms with van der Waals surface area (Å²) in [5.41, 5.74) is 6.40. The van der Waals surface area contributed by atoms with Crippen molar-refractivity contribution < 1.29 is 5.11 Å². The Labute approximate surface area is 95.3 Å². The lowest BCUT2D eigenvalue weighted by Crippen LogP contribution is -2.25. The summed E-state index contributed by atoms with van der Waals surface area (Å²) in [5.74, 6) is 1.05. The maximum Gasteiger partial charge on any atom is 0.225 e. The van der Waals surface area contributed by atoms with E-state index in [4.69, 9.17) is 5.73 Å². The van der Waals surface area contributed by atoms with E-state index in [-0.39, 0.29) is 6.10 Å². The number of aromatic nitrogens is 2. The fraction of sp³-hybridized carbons (Fsp3) is 0.636. The van der Waals surface area contributed by atoms with Crippen molar-refractivity contribution in [1.82, 2.24) is 9.97 Å². The van der Waals surface area contributed by atoms with Gasteiger partial charge in [0.2, 0.25) is 5.95 Å². The molecule has 1 fully saturated rings. The van der Waals surface area contributed by atoms with Crippen molar-refractivity contribution in [2.45, 2.75) is 26.0 Å². The van der Waals surface area contributed by atoms with Gasteiger partial charge < -0.3 is 15.7 Å². The predicted octanol–water partition coefficient (Wildman–Crippen LogP) is 0.142. The minimum atomic E-state index is -0.261. The molecule has 2 heterocycles. The molecule has 88 valence electrons. The zero-order chi connectivity index (χ0) is 11.5. The van der Waals surface area contributed by atoms with Crippen molar-refractivity contribution in [2.24, 2.45) is 11.7 Å². The van der Waals surface area contributed by atoms with Crippen LogP contribution in [0.2, 0.25) is 0 Å². The Kier molecular flexibility index (Phi) is 3.36. The summed E-state index contributed by atoms with van der Waals surface area (Å²) >= 11 is 0. The average molecular weight is 222 g/mol. The Hall–Kier alpha value is -1.20. The Morgan fingerprint density at radius 1 is 1.69 bits per heavy atom. The average Bonchev–Trinajstić information content (AvgIpc) is 2.78. The molecule has 2 rings (SSSR count). The SMILES string of the molecule is CC(O)C1CCN(c2nccc(CN)n2)C1. The van der Waals surface area contributed by atoms with Crippen LogP contribution in [0.5, 0.6) is 0 Å². The number of hydrogen-bond acceptors (Lipinski definition) is 5. The summed E-state index contributed by atoms with van der Waals surface area (Å²) < 4.78 is 0. The van der Waals surface area contributed by atoms with Gasteiger partial charge in [-0.05, 0) is 19.4 Å². The highest BCUT2D eigenvalue weighted by molar-refractivity contribution is 5.32. The van der Waals surface area contributed by atoms with Gasteiger partial charge >= 0.3 is 0 Å². The van der Waals surface area contributed by atoms with E-state index in [0.717, 1.165) is 31.2 Å². The van der Waals surface area contributed by atoms with E-state index in [1.807, 2.05) is 13.0 Å². The second-order valence-corrected chi connectivity index (χ2v) is 4.29. The summed E-state index contributed by atoms with van der Waals surface area (Å²) in [5, 5.41) is 9.53. The molecule has 1 aromatic heterocycles. The molecule has 3 N–H and O–H groups in total. The molecule has 1 aromatic rings. The molecule has 0 aromatic carbocycles. The Bertz CT molecular complexity index is 356. The lowest BCUT2D eigenvalue weighted by Gasteiger charge is -2.17. The van der Waals surface area contributed by atoms with E-state index in [9.17, 15) is 5.11 Å². The Morgan fingerprint density at radius 2 is 2.50 bits per heavy atom. The molecule has 0 radical (unpaired) electrons. The topological polar surface area (TPSA) is 75.3 Å². The van der Waals surface area contributed by atoms with Crippen LogP contribution in [-0.4, -0.2) is 34.3 Å². The molecule has 0 bridgehead atoms. The third kappa shape index (κ3) is 2.31. The van der Waals surface area contributed by atoms with Gasteiger partial charge in [-0.25, -0.2) is 9.97 Å². The number of nitrogens with zero attached hydrogens (tertiary/aromatic N) is 3. The van der Waals surface area contributed by atoms with Gasteiger partial charge in [-0.2, -0.15) is 0 Å². The van der Waals surface area contributed by atoms with Crippen molar-refractivity contribution in [3.05, 3.63) is 18.0 Å². The molecule has 2 unspecified atom stereocenters. The van der Waals surface area contributed by atoms with E-state index in [1.54, 1.807) is 6.20 Å². The molecule has 0 saturated carbocycles. The first kappa shape index (κ1) is 11.3. The zero-order valence-electron chi connectivity index (χ0n) is 9.50. The number of rotatable bonds is 3. The highest BCUT2D eigenvalue weighted by atomic mass is 16.3. The van der Waals surface area contributed by atoms with Crippen LogP contribution < -0.4 is 10.6 Å². The number of hydrogen-bond donors (Lipinski definition) is 2. The third-order valence-corrected chi connectivity index (χ3v) is 3.10. The molecular weight excluding hydrogens is 204 g/mol. The Balaban J connectivity index is 2.08. The van der Waals surface area contributed by atoms with Crippen LogP contribution in [0.15, 0.2) is 12.3 Å². The number of nitrogens with two attached hydrogens (primary N) is 1. The molecule has 1 saturated heterocycles. The van der Waals surface area contributed by atoms with Crippen LogP contribution in [0.4, 0.5) is 5.95 Å². The van der Waals surface area contributed by atoms with Crippen LogP contribution >= 0.6 is 0 Å². The fourth-order valence-electron chi connectivity index (χ4n) is 2.01. The van der Waals surface area contributed by atoms with Crippen LogP contribution in [0.25, 0.3) is 0 Å². The van der Waals surface area contributed by atoms with Gasteiger partial charge in [0, 0.05) is 31.7 Å². The maximum atomic E-state index is 9.53. The zero-order valence-corrected chi connectivity index (χ0v) is 9.50. The normalized spacial score (nSPS) is 22.4. The highest BCUT2D eigenvalue weighted by Crippen LogP contribution is 2.22. The molecular formula is C11H18N4O.